The van der Waals surface area contributed by atoms with Crippen LogP contribution in [0.5, 0.6) is 0 Å². The van der Waals surface area contributed by atoms with E-state index in [9.17, 15) is 9.59 Å². The fourth-order valence-corrected chi connectivity index (χ4v) is 4.51. The molecule has 1 saturated heterocycles. The Balaban J connectivity index is 1.76. The molecule has 26 heavy (non-hydrogen) atoms. The molecule has 2 unspecified atom stereocenters. The topological polar surface area (TPSA) is 66.6 Å². The molecule has 2 aliphatic heterocycles. The lowest BCUT2D eigenvalue weighted by Crippen LogP contribution is -2.48. The Labute approximate surface area is 160 Å². The quantitative estimate of drug-likeness (QED) is 0.840. The Hall–Kier alpha value is -2.18. The summed E-state index contributed by atoms with van der Waals surface area (Å²) < 4.78 is 1.03. The Morgan fingerprint density at radius 2 is 2.00 bits per heavy atom. The third-order valence-corrected chi connectivity index (χ3v) is 5.67. The van der Waals surface area contributed by atoms with E-state index in [0.29, 0.717) is 18.5 Å². The number of halogens is 1. The van der Waals surface area contributed by atoms with Crippen LogP contribution in [0.4, 0.5) is 0 Å². The van der Waals surface area contributed by atoms with Crippen LogP contribution >= 0.6 is 15.9 Å². The average Bonchev–Trinajstić information content (AvgIpc) is 2.78. The Kier molecular flexibility index (Phi) is 4.54. The summed E-state index contributed by atoms with van der Waals surface area (Å²) in [7, 11) is 0. The number of benzene rings is 2. The smallest absolute Gasteiger partial charge is 0.256 e. The zero-order valence-corrected chi connectivity index (χ0v) is 15.9. The van der Waals surface area contributed by atoms with E-state index in [1.807, 2.05) is 36.4 Å². The molecular weight excluding hydrogens is 394 g/mol. The molecule has 4 rings (SSSR count). The Bertz CT molecular complexity index is 870. The van der Waals surface area contributed by atoms with Crippen LogP contribution in [-0.4, -0.2) is 34.2 Å². The van der Waals surface area contributed by atoms with Gasteiger partial charge >= 0.3 is 0 Å². The van der Waals surface area contributed by atoms with E-state index in [2.05, 4.69) is 33.0 Å². The third kappa shape index (κ3) is 2.93. The molecule has 0 bridgehead atoms. The maximum Gasteiger partial charge on any atom is 0.256 e. The molecule has 2 aromatic carbocycles. The van der Waals surface area contributed by atoms with Crippen LogP contribution in [0.25, 0.3) is 0 Å². The Morgan fingerprint density at radius 1 is 1.19 bits per heavy atom. The predicted molar refractivity (Wildman–Crippen MR) is 102 cm³/mol. The molecule has 0 saturated carbocycles. The van der Waals surface area contributed by atoms with Gasteiger partial charge in [-0.1, -0.05) is 46.3 Å². The largest absolute Gasteiger partial charge is 0.368 e. The third-order valence-electron chi connectivity index (χ3n) is 5.18. The minimum atomic E-state index is -0.563. The van der Waals surface area contributed by atoms with Gasteiger partial charge in [0.05, 0.1) is 0 Å². The standard InChI is InChI=1S/C20H20BrN3O2/c21-14-6-3-5-13(11-14)12-23-10-4-9-17(18(22)25)24-19(23)15-7-1-2-8-16(15)20(24)26/h1-3,5-8,11,17,19H,4,9-10,12H2,(H2,22,25). The van der Waals surface area contributed by atoms with Gasteiger partial charge in [0.2, 0.25) is 5.91 Å². The molecule has 2 aromatic rings. The van der Waals surface area contributed by atoms with Crippen LogP contribution in [0.1, 0.15) is 40.5 Å². The number of carbonyl (C=O) groups excluding carboxylic acids is 2. The summed E-state index contributed by atoms with van der Waals surface area (Å²) in [5, 5.41) is 0. The highest BCUT2D eigenvalue weighted by Crippen LogP contribution is 2.41. The van der Waals surface area contributed by atoms with E-state index in [0.717, 1.165) is 28.6 Å². The van der Waals surface area contributed by atoms with Gasteiger partial charge in [-0.05, 0) is 36.6 Å². The van der Waals surface area contributed by atoms with Gasteiger partial charge in [-0.25, -0.2) is 0 Å². The van der Waals surface area contributed by atoms with Gasteiger partial charge in [-0.3, -0.25) is 14.5 Å². The second kappa shape index (κ2) is 6.85. The fraction of sp³-hybridized carbons (Fsp3) is 0.300. The summed E-state index contributed by atoms with van der Waals surface area (Å²) in [6, 6.07) is 15.2. The molecule has 0 aliphatic carbocycles. The molecular formula is C20H20BrN3O2. The molecule has 2 aliphatic rings. The highest BCUT2D eigenvalue weighted by Gasteiger charge is 2.46. The fourth-order valence-electron chi connectivity index (χ4n) is 4.07. The van der Waals surface area contributed by atoms with Crippen molar-refractivity contribution in [1.82, 2.24) is 9.80 Å². The molecule has 2 heterocycles. The first-order valence-corrected chi connectivity index (χ1v) is 9.55. The summed E-state index contributed by atoms with van der Waals surface area (Å²) in [4.78, 5) is 29.1. The zero-order valence-electron chi connectivity index (χ0n) is 14.3. The van der Waals surface area contributed by atoms with E-state index in [1.165, 1.54) is 0 Å². The first-order chi connectivity index (χ1) is 12.6. The summed E-state index contributed by atoms with van der Waals surface area (Å²) in [5.74, 6) is -0.531. The van der Waals surface area contributed by atoms with Crippen molar-refractivity contribution in [2.45, 2.75) is 31.6 Å². The maximum absolute atomic E-state index is 13.0. The number of primary amides is 1. The number of fused-ring (bicyclic) bond motifs is 3. The van der Waals surface area contributed by atoms with Gasteiger partial charge in [-0.15, -0.1) is 0 Å². The van der Waals surface area contributed by atoms with E-state index < -0.39 is 11.9 Å². The minimum Gasteiger partial charge on any atom is -0.368 e. The van der Waals surface area contributed by atoms with Crippen molar-refractivity contribution in [2.75, 3.05) is 6.54 Å². The summed E-state index contributed by atoms with van der Waals surface area (Å²) in [6.07, 6.45) is 1.17. The van der Waals surface area contributed by atoms with Gasteiger partial charge in [0.1, 0.15) is 12.2 Å². The van der Waals surface area contributed by atoms with E-state index in [1.54, 1.807) is 4.90 Å². The molecule has 2 atom stereocenters. The summed E-state index contributed by atoms with van der Waals surface area (Å²) >= 11 is 3.52. The predicted octanol–water partition coefficient (Wildman–Crippen LogP) is 3.05. The highest BCUT2D eigenvalue weighted by molar-refractivity contribution is 9.10. The Morgan fingerprint density at radius 3 is 2.77 bits per heavy atom. The van der Waals surface area contributed by atoms with E-state index in [4.69, 9.17) is 5.73 Å². The molecule has 0 radical (unpaired) electrons. The number of amides is 2. The number of hydrogen-bond acceptors (Lipinski definition) is 3. The number of nitrogens with zero attached hydrogens (tertiary/aromatic N) is 2. The van der Waals surface area contributed by atoms with Crippen molar-refractivity contribution < 1.29 is 9.59 Å². The van der Waals surface area contributed by atoms with Crippen molar-refractivity contribution in [3.05, 3.63) is 69.7 Å². The van der Waals surface area contributed by atoms with Gasteiger partial charge in [-0.2, -0.15) is 0 Å². The normalized spacial score (nSPS) is 22.7. The van der Waals surface area contributed by atoms with Gasteiger partial charge in [0, 0.05) is 28.7 Å². The molecule has 1 fully saturated rings. The maximum atomic E-state index is 13.0. The first kappa shape index (κ1) is 17.2. The van der Waals surface area contributed by atoms with Crippen LogP contribution in [0.3, 0.4) is 0 Å². The number of nitrogens with two attached hydrogens (primary N) is 1. The number of rotatable bonds is 3. The molecule has 0 aromatic heterocycles. The van der Waals surface area contributed by atoms with Crippen LogP contribution < -0.4 is 5.73 Å². The number of carbonyl (C=O) groups is 2. The lowest BCUT2D eigenvalue weighted by atomic mass is 10.1. The van der Waals surface area contributed by atoms with Gasteiger partial charge < -0.3 is 10.6 Å². The summed E-state index contributed by atoms with van der Waals surface area (Å²) in [5.41, 5.74) is 8.44. The molecule has 6 heteroatoms. The van der Waals surface area contributed by atoms with Crippen molar-refractivity contribution in [2.24, 2.45) is 5.73 Å². The molecule has 134 valence electrons. The SMILES string of the molecule is NC(=O)C1CCCN(Cc2cccc(Br)c2)C2c3ccccc3C(=O)N12. The van der Waals surface area contributed by atoms with Crippen LogP contribution in [0, 0.1) is 0 Å². The van der Waals surface area contributed by atoms with Crippen molar-refractivity contribution in [3.8, 4) is 0 Å². The van der Waals surface area contributed by atoms with Crippen molar-refractivity contribution in [1.29, 1.82) is 0 Å². The minimum absolute atomic E-state index is 0.101. The lowest BCUT2D eigenvalue weighted by Gasteiger charge is -2.35. The molecule has 5 nitrogen and oxygen atoms in total. The highest BCUT2D eigenvalue weighted by atomic mass is 79.9. The first-order valence-electron chi connectivity index (χ1n) is 8.75. The molecule has 2 N–H and O–H groups in total. The van der Waals surface area contributed by atoms with Crippen LogP contribution in [0.15, 0.2) is 53.0 Å². The summed E-state index contributed by atoms with van der Waals surface area (Å²) in [6.45, 7) is 1.51. The average molecular weight is 414 g/mol. The monoisotopic (exact) mass is 413 g/mol. The van der Waals surface area contributed by atoms with E-state index in [-0.39, 0.29) is 12.1 Å². The second-order valence-electron chi connectivity index (χ2n) is 6.83. The molecule has 2 amide bonds. The van der Waals surface area contributed by atoms with Crippen molar-refractivity contribution in [3.63, 3.8) is 0 Å². The van der Waals surface area contributed by atoms with Crippen LogP contribution in [0.2, 0.25) is 0 Å². The van der Waals surface area contributed by atoms with Gasteiger partial charge in [0.25, 0.3) is 5.91 Å². The second-order valence-corrected chi connectivity index (χ2v) is 7.75. The lowest BCUT2D eigenvalue weighted by molar-refractivity contribution is -0.124. The van der Waals surface area contributed by atoms with Crippen molar-refractivity contribution >= 4 is 27.7 Å². The molecule has 0 spiro atoms. The van der Waals surface area contributed by atoms with Gasteiger partial charge in [0.15, 0.2) is 0 Å². The zero-order chi connectivity index (χ0) is 18.3. The van der Waals surface area contributed by atoms with Crippen LogP contribution in [-0.2, 0) is 11.3 Å². The van der Waals surface area contributed by atoms with E-state index >= 15 is 0 Å². The number of hydrogen-bond donors (Lipinski definition) is 1.